The topological polar surface area (TPSA) is 72.0 Å². The zero-order chi connectivity index (χ0) is 15.8. The zero-order valence-corrected chi connectivity index (χ0v) is 12.1. The molecule has 4 rings (SSSR count). The summed E-state index contributed by atoms with van der Waals surface area (Å²) < 4.78 is 5.63. The molecule has 2 aromatic carbocycles. The van der Waals surface area contributed by atoms with Gasteiger partial charge in [0.2, 0.25) is 5.78 Å². The quantitative estimate of drug-likeness (QED) is 0.755. The van der Waals surface area contributed by atoms with Crippen LogP contribution < -0.4 is 4.74 Å². The van der Waals surface area contributed by atoms with Crippen LogP contribution in [0.2, 0.25) is 0 Å². The standard InChI is InChI=1S/C18H12N2O3/c21-17-13-9-5-4-8-12(13)15-16(18(17)22)20-14(19-15)10-23-11-6-2-1-3-7-11/h1-9H,10H2,(H,19,20). The van der Waals surface area contributed by atoms with Gasteiger partial charge in [0.1, 0.15) is 29.6 Å². The number of imidazole rings is 1. The maximum atomic E-state index is 12.2. The van der Waals surface area contributed by atoms with E-state index in [2.05, 4.69) is 9.97 Å². The molecule has 1 aliphatic carbocycles. The summed E-state index contributed by atoms with van der Waals surface area (Å²) in [6.07, 6.45) is 0. The number of nitrogens with one attached hydrogen (secondary N) is 1. The van der Waals surface area contributed by atoms with E-state index in [4.69, 9.17) is 4.74 Å². The van der Waals surface area contributed by atoms with Crippen molar-refractivity contribution >= 4 is 11.6 Å². The molecule has 0 unspecified atom stereocenters. The van der Waals surface area contributed by atoms with E-state index in [1.54, 1.807) is 18.2 Å². The van der Waals surface area contributed by atoms with E-state index in [-0.39, 0.29) is 12.3 Å². The van der Waals surface area contributed by atoms with E-state index < -0.39 is 11.6 Å². The van der Waals surface area contributed by atoms with Crippen molar-refractivity contribution in [3.05, 3.63) is 71.7 Å². The zero-order valence-electron chi connectivity index (χ0n) is 12.1. The molecular weight excluding hydrogens is 292 g/mol. The van der Waals surface area contributed by atoms with Gasteiger partial charge in [0.05, 0.1) is 0 Å². The van der Waals surface area contributed by atoms with Gasteiger partial charge < -0.3 is 9.72 Å². The minimum Gasteiger partial charge on any atom is -0.486 e. The molecule has 1 aliphatic rings. The molecule has 1 aromatic heterocycles. The van der Waals surface area contributed by atoms with Crippen molar-refractivity contribution in [3.8, 4) is 17.0 Å². The number of carbonyl (C=O) groups excluding carboxylic acids is 2. The molecule has 5 nitrogen and oxygen atoms in total. The van der Waals surface area contributed by atoms with Gasteiger partial charge in [-0.2, -0.15) is 0 Å². The summed E-state index contributed by atoms with van der Waals surface area (Å²) in [5.41, 5.74) is 1.82. The Morgan fingerprint density at radius 1 is 0.870 bits per heavy atom. The Hall–Kier alpha value is -3.21. The largest absolute Gasteiger partial charge is 0.486 e. The van der Waals surface area contributed by atoms with Gasteiger partial charge >= 0.3 is 0 Å². The number of rotatable bonds is 3. The molecule has 3 aromatic rings. The molecule has 0 fully saturated rings. The minimum absolute atomic E-state index is 0.195. The maximum absolute atomic E-state index is 12.2. The molecule has 0 amide bonds. The van der Waals surface area contributed by atoms with Crippen LogP contribution in [0.3, 0.4) is 0 Å². The van der Waals surface area contributed by atoms with Crippen molar-refractivity contribution in [2.75, 3.05) is 0 Å². The summed E-state index contributed by atoms with van der Waals surface area (Å²) in [6.45, 7) is 0.195. The lowest BCUT2D eigenvalue weighted by Gasteiger charge is -2.11. The Bertz CT molecular complexity index is 913. The van der Waals surface area contributed by atoms with Gasteiger partial charge in [0, 0.05) is 11.1 Å². The number of ether oxygens (including phenoxy) is 1. The first-order valence-corrected chi connectivity index (χ1v) is 7.19. The van der Waals surface area contributed by atoms with Crippen LogP contribution in [0.15, 0.2) is 54.6 Å². The molecule has 1 N–H and O–H groups in total. The van der Waals surface area contributed by atoms with E-state index in [1.165, 1.54) is 0 Å². The van der Waals surface area contributed by atoms with Crippen LogP contribution in [0.5, 0.6) is 5.75 Å². The number of carbonyl (C=O) groups is 2. The number of aromatic amines is 1. The molecule has 1 heterocycles. The summed E-state index contributed by atoms with van der Waals surface area (Å²) in [5.74, 6) is 0.158. The van der Waals surface area contributed by atoms with Gasteiger partial charge in [-0.15, -0.1) is 0 Å². The van der Waals surface area contributed by atoms with E-state index in [0.29, 0.717) is 28.4 Å². The molecule has 0 radical (unpaired) electrons. The third-order valence-corrected chi connectivity index (χ3v) is 3.73. The second-order valence-corrected chi connectivity index (χ2v) is 5.21. The molecule has 0 spiro atoms. The summed E-state index contributed by atoms with van der Waals surface area (Å²) in [5, 5.41) is 0. The lowest BCUT2D eigenvalue weighted by Crippen LogP contribution is -2.21. The monoisotopic (exact) mass is 304 g/mol. The molecule has 23 heavy (non-hydrogen) atoms. The number of fused-ring (bicyclic) bond motifs is 3. The molecular formula is C18H12N2O3. The Balaban J connectivity index is 1.69. The summed E-state index contributed by atoms with van der Waals surface area (Å²) in [4.78, 5) is 31.7. The van der Waals surface area contributed by atoms with Gasteiger partial charge in [0.15, 0.2) is 0 Å². The highest BCUT2D eigenvalue weighted by Crippen LogP contribution is 2.31. The summed E-state index contributed by atoms with van der Waals surface area (Å²) in [7, 11) is 0. The normalized spacial score (nSPS) is 12.7. The number of aromatic nitrogens is 2. The first-order valence-electron chi connectivity index (χ1n) is 7.19. The highest BCUT2D eigenvalue weighted by Gasteiger charge is 2.33. The Morgan fingerprint density at radius 2 is 1.57 bits per heavy atom. The van der Waals surface area contributed by atoms with Gasteiger partial charge in [-0.1, -0.05) is 42.5 Å². The van der Waals surface area contributed by atoms with Crippen LogP contribution in [-0.2, 0) is 6.61 Å². The minimum atomic E-state index is -0.558. The first-order chi connectivity index (χ1) is 11.2. The summed E-state index contributed by atoms with van der Waals surface area (Å²) in [6, 6.07) is 16.3. The smallest absolute Gasteiger partial charge is 0.251 e. The number of nitrogens with zero attached hydrogens (tertiary/aromatic N) is 1. The highest BCUT2D eigenvalue weighted by molar-refractivity contribution is 6.52. The van der Waals surface area contributed by atoms with Gasteiger partial charge in [0.25, 0.3) is 5.78 Å². The second-order valence-electron chi connectivity index (χ2n) is 5.21. The van der Waals surface area contributed by atoms with Crippen molar-refractivity contribution in [1.82, 2.24) is 9.97 Å². The molecule has 112 valence electrons. The fourth-order valence-electron chi connectivity index (χ4n) is 2.64. The number of para-hydroxylation sites is 1. The average Bonchev–Trinajstić information content (AvgIpc) is 3.03. The molecule has 0 saturated heterocycles. The number of H-pyrrole nitrogens is 1. The lowest BCUT2D eigenvalue weighted by molar-refractivity contribution is 0.0812. The Labute approximate surface area is 131 Å². The number of ketones is 2. The van der Waals surface area contributed by atoms with Crippen molar-refractivity contribution in [2.24, 2.45) is 0 Å². The van der Waals surface area contributed by atoms with Crippen molar-refractivity contribution in [1.29, 1.82) is 0 Å². The van der Waals surface area contributed by atoms with Crippen molar-refractivity contribution in [2.45, 2.75) is 6.61 Å². The van der Waals surface area contributed by atoms with Crippen LogP contribution in [0.1, 0.15) is 26.7 Å². The number of Topliss-reactive ketones (excluding diaryl/α,β-unsaturated/α-hetero) is 2. The average molecular weight is 304 g/mol. The van der Waals surface area contributed by atoms with Crippen molar-refractivity contribution < 1.29 is 14.3 Å². The Morgan fingerprint density at radius 3 is 2.35 bits per heavy atom. The Kier molecular flexibility index (Phi) is 3.05. The second kappa shape index (κ2) is 5.21. The van der Waals surface area contributed by atoms with Crippen LogP contribution in [0, 0.1) is 0 Å². The first kappa shape index (κ1) is 13.5. The number of hydrogen-bond acceptors (Lipinski definition) is 4. The molecule has 0 saturated carbocycles. The number of benzene rings is 2. The van der Waals surface area contributed by atoms with Gasteiger partial charge in [-0.05, 0) is 12.1 Å². The molecule has 5 heteroatoms. The molecule has 0 atom stereocenters. The van der Waals surface area contributed by atoms with Gasteiger partial charge in [-0.25, -0.2) is 4.98 Å². The van der Waals surface area contributed by atoms with Crippen LogP contribution in [-0.4, -0.2) is 21.5 Å². The third kappa shape index (κ3) is 2.23. The number of hydrogen-bond donors (Lipinski definition) is 1. The van der Waals surface area contributed by atoms with E-state index in [1.807, 2.05) is 36.4 Å². The third-order valence-electron chi connectivity index (χ3n) is 3.73. The van der Waals surface area contributed by atoms with Crippen molar-refractivity contribution in [3.63, 3.8) is 0 Å². The maximum Gasteiger partial charge on any atom is 0.251 e. The fraction of sp³-hybridized carbons (Fsp3) is 0.0556. The SMILES string of the molecule is O=C1C(=O)c2[nH]c(COc3ccccc3)nc2-c2ccccc21. The predicted octanol–water partition coefficient (Wildman–Crippen LogP) is 3.03. The fourth-order valence-corrected chi connectivity index (χ4v) is 2.64. The molecule has 0 bridgehead atoms. The van der Waals surface area contributed by atoms with Crippen LogP contribution in [0.25, 0.3) is 11.3 Å². The lowest BCUT2D eigenvalue weighted by atomic mass is 9.90. The van der Waals surface area contributed by atoms with E-state index in [9.17, 15) is 9.59 Å². The summed E-state index contributed by atoms with van der Waals surface area (Å²) >= 11 is 0. The molecule has 0 aliphatic heterocycles. The predicted molar refractivity (Wildman–Crippen MR) is 83.5 cm³/mol. The van der Waals surface area contributed by atoms with E-state index >= 15 is 0 Å². The van der Waals surface area contributed by atoms with Gasteiger partial charge in [-0.3, -0.25) is 9.59 Å². The van der Waals surface area contributed by atoms with Crippen LogP contribution >= 0.6 is 0 Å². The van der Waals surface area contributed by atoms with E-state index in [0.717, 1.165) is 0 Å². The highest BCUT2D eigenvalue weighted by atomic mass is 16.5. The van der Waals surface area contributed by atoms with Crippen LogP contribution in [0.4, 0.5) is 0 Å².